The number of aliphatic imine (C=N–C) groups is 1. The monoisotopic (exact) mass is 298 g/mol. The van der Waals surface area contributed by atoms with Gasteiger partial charge in [0.1, 0.15) is 12.4 Å². The topological polar surface area (TPSA) is 47.6 Å². The first-order valence-electron chi connectivity index (χ1n) is 6.93. The van der Waals surface area contributed by atoms with Crippen LogP contribution in [0.3, 0.4) is 0 Å². The number of rotatable bonds is 5. The van der Waals surface area contributed by atoms with Crippen molar-refractivity contribution in [3.63, 3.8) is 0 Å². The number of hydrogen-bond donors (Lipinski definition) is 1. The summed E-state index contributed by atoms with van der Waals surface area (Å²) in [5, 5.41) is 0. The molecule has 2 rings (SSSR count). The second kappa shape index (κ2) is 7.41. The number of ether oxygens (including phenoxy) is 1. The van der Waals surface area contributed by atoms with Crippen molar-refractivity contribution in [3.05, 3.63) is 64.9 Å². The minimum Gasteiger partial charge on any atom is -0.497 e. The van der Waals surface area contributed by atoms with Gasteiger partial charge >= 0.3 is 0 Å². The molecule has 0 bridgehead atoms. The van der Waals surface area contributed by atoms with Crippen LogP contribution in [0, 0.1) is 6.92 Å². The van der Waals surface area contributed by atoms with E-state index in [-0.39, 0.29) is 0 Å². The Morgan fingerprint density at radius 1 is 1.23 bits per heavy atom. The molecule has 22 heavy (non-hydrogen) atoms. The highest BCUT2D eigenvalue weighted by molar-refractivity contribution is 5.88. The predicted octanol–water partition coefficient (Wildman–Crippen LogP) is 4.02. The molecule has 0 saturated carbocycles. The zero-order chi connectivity index (χ0) is 15.9. The number of allylic oxidation sites excluding steroid dienone is 1. The fraction of sp³-hybridized carbons (Fsp3) is 0.167. The van der Waals surface area contributed by atoms with Crippen LogP contribution in [0.4, 0.5) is 10.1 Å². The van der Waals surface area contributed by atoms with E-state index in [1.165, 1.54) is 0 Å². The molecule has 4 heteroatoms. The molecule has 0 fully saturated rings. The summed E-state index contributed by atoms with van der Waals surface area (Å²) in [4.78, 5) is 4.19. The van der Waals surface area contributed by atoms with Gasteiger partial charge < -0.3 is 10.5 Å². The number of methoxy groups -OCH3 is 1. The molecular formula is C18H19FN2O. The van der Waals surface area contributed by atoms with Crippen molar-refractivity contribution in [1.29, 1.82) is 0 Å². The largest absolute Gasteiger partial charge is 0.497 e. The maximum Gasteiger partial charge on any atom is 0.131 e. The molecule has 0 amide bonds. The number of hydrogen-bond acceptors (Lipinski definition) is 3. The average molecular weight is 298 g/mol. The van der Waals surface area contributed by atoms with E-state index in [0.717, 1.165) is 22.4 Å². The van der Waals surface area contributed by atoms with E-state index >= 15 is 0 Å². The third-order valence-electron chi connectivity index (χ3n) is 3.20. The minimum atomic E-state index is -0.645. The summed E-state index contributed by atoms with van der Waals surface area (Å²) in [7, 11) is 1.61. The van der Waals surface area contributed by atoms with Crippen molar-refractivity contribution in [3.8, 4) is 5.75 Å². The van der Waals surface area contributed by atoms with Gasteiger partial charge in [-0.1, -0.05) is 24.3 Å². The van der Waals surface area contributed by atoms with E-state index in [9.17, 15) is 4.39 Å². The first kappa shape index (κ1) is 15.8. The van der Waals surface area contributed by atoms with Crippen molar-refractivity contribution in [2.45, 2.75) is 6.92 Å². The van der Waals surface area contributed by atoms with Gasteiger partial charge in [-0.05, 0) is 42.3 Å². The van der Waals surface area contributed by atoms with Gasteiger partial charge in [-0.25, -0.2) is 4.39 Å². The van der Waals surface area contributed by atoms with Crippen LogP contribution in [0.25, 0.3) is 6.08 Å². The van der Waals surface area contributed by atoms with Crippen LogP contribution in [0.15, 0.2) is 53.2 Å². The van der Waals surface area contributed by atoms with Crippen molar-refractivity contribution < 1.29 is 9.13 Å². The lowest BCUT2D eigenvalue weighted by atomic mass is 10.1. The van der Waals surface area contributed by atoms with Crippen LogP contribution in [0.5, 0.6) is 5.75 Å². The van der Waals surface area contributed by atoms with Crippen LogP contribution >= 0.6 is 0 Å². The summed E-state index contributed by atoms with van der Waals surface area (Å²) in [6, 6.07) is 13.0. The second-order valence-corrected chi connectivity index (χ2v) is 4.93. The summed E-state index contributed by atoms with van der Waals surface area (Å²) < 4.78 is 18.2. The summed E-state index contributed by atoms with van der Waals surface area (Å²) in [6.07, 6.45) is 3.28. The Bertz CT molecular complexity index is 691. The highest BCUT2D eigenvalue weighted by atomic mass is 19.1. The van der Waals surface area contributed by atoms with Crippen molar-refractivity contribution in [2.75, 3.05) is 19.5 Å². The molecular weight excluding hydrogens is 279 g/mol. The van der Waals surface area contributed by atoms with E-state index in [4.69, 9.17) is 10.5 Å². The quantitative estimate of drug-likeness (QED) is 0.669. The first-order valence-corrected chi connectivity index (χ1v) is 6.93. The fourth-order valence-electron chi connectivity index (χ4n) is 1.97. The normalized spacial score (nSPS) is 11.9. The molecule has 2 N–H and O–H groups in total. The average Bonchev–Trinajstić information content (AvgIpc) is 2.53. The molecule has 2 aromatic rings. The van der Waals surface area contributed by atoms with E-state index in [1.54, 1.807) is 19.4 Å². The molecule has 0 spiro atoms. The van der Waals surface area contributed by atoms with Gasteiger partial charge in [-0.2, -0.15) is 0 Å². The van der Waals surface area contributed by atoms with Crippen LogP contribution in [0.2, 0.25) is 0 Å². The number of anilines is 1. The molecule has 0 radical (unpaired) electrons. The maximum atomic E-state index is 13.1. The summed E-state index contributed by atoms with van der Waals surface area (Å²) in [5.74, 6) is 0.759. The second-order valence-electron chi connectivity index (χ2n) is 4.93. The summed E-state index contributed by atoms with van der Waals surface area (Å²) in [6.45, 7) is 1.32. The Morgan fingerprint density at radius 2 is 1.95 bits per heavy atom. The number of benzene rings is 2. The molecule has 0 aliphatic heterocycles. The van der Waals surface area contributed by atoms with Crippen LogP contribution in [-0.4, -0.2) is 20.0 Å². The Morgan fingerprint density at radius 3 is 2.55 bits per heavy atom. The highest BCUT2D eigenvalue weighted by Gasteiger charge is 1.99. The van der Waals surface area contributed by atoms with Gasteiger partial charge in [0.2, 0.25) is 0 Å². The minimum absolute atomic E-state index is 0.338. The molecule has 0 saturated heterocycles. The molecule has 0 heterocycles. The van der Waals surface area contributed by atoms with Gasteiger partial charge in [-0.3, -0.25) is 4.99 Å². The van der Waals surface area contributed by atoms with Crippen molar-refractivity contribution in [1.82, 2.24) is 0 Å². The van der Waals surface area contributed by atoms with Gasteiger partial charge in [0.25, 0.3) is 0 Å². The molecule has 3 nitrogen and oxygen atoms in total. The summed E-state index contributed by atoms with van der Waals surface area (Å²) in [5.41, 5.74) is 9.60. The number of halogens is 1. The molecule has 0 aliphatic carbocycles. The number of nitrogens with zero attached hydrogens (tertiary/aromatic N) is 1. The SMILES string of the molecule is COc1ccc(/C=C(/CF)N=Cc2ccc(C)cc2N)cc1. The van der Waals surface area contributed by atoms with Crippen LogP contribution < -0.4 is 10.5 Å². The third kappa shape index (κ3) is 4.19. The maximum absolute atomic E-state index is 13.1. The van der Waals surface area contributed by atoms with Gasteiger partial charge in [-0.15, -0.1) is 0 Å². The highest BCUT2D eigenvalue weighted by Crippen LogP contribution is 2.16. The van der Waals surface area contributed by atoms with Crippen molar-refractivity contribution >= 4 is 18.0 Å². The lowest BCUT2D eigenvalue weighted by Crippen LogP contribution is -1.94. The first-order chi connectivity index (χ1) is 10.6. The van der Waals surface area contributed by atoms with Crippen LogP contribution in [-0.2, 0) is 0 Å². The molecule has 0 unspecified atom stereocenters. The van der Waals surface area contributed by atoms with E-state index in [2.05, 4.69) is 4.99 Å². The molecule has 114 valence electrons. The molecule has 2 aromatic carbocycles. The van der Waals surface area contributed by atoms with Gasteiger partial charge in [0.05, 0.1) is 12.8 Å². The van der Waals surface area contributed by atoms with Crippen molar-refractivity contribution in [2.24, 2.45) is 4.99 Å². The number of nitrogens with two attached hydrogens (primary N) is 1. The third-order valence-corrected chi connectivity index (χ3v) is 3.20. The Hall–Kier alpha value is -2.62. The Labute approximate surface area is 130 Å². The van der Waals surface area contributed by atoms with E-state index < -0.39 is 6.67 Å². The molecule has 0 aliphatic rings. The standard InChI is InChI=1S/C18H19FN2O/c1-13-3-6-15(18(20)9-13)12-21-16(11-19)10-14-4-7-17(22-2)8-5-14/h3-10,12H,11,20H2,1-2H3/b16-10-,21-12?. The predicted molar refractivity (Wildman–Crippen MR) is 90.1 cm³/mol. The van der Waals surface area contributed by atoms with E-state index in [1.807, 2.05) is 49.4 Å². The number of aryl methyl sites for hydroxylation is 1. The summed E-state index contributed by atoms with van der Waals surface area (Å²) >= 11 is 0. The Balaban J connectivity index is 2.19. The fourth-order valence-corrected chi connectivity index (χ4v) is 1.97. The number of nitrogen functional groups attached to an aromatic ring is 1. The van der Waals surface area contributed by atoms with E-state index in [0.29, 0.717) is 11.4 Å². The molecule has 0 atom stereocenters. The van der Waals surface area contributed by atoms with Gasteiger partial charge in [0.15, 0.2) is 0 Å². The van der Waals surface area contributed by atoms with Crippen LogP contribution in [0.1, 0.15) is 16.7 Å². The zero-order valence-electron chi connectivity index (χ0n) is 12.7. The lowest BCUT2D eigenvalue weighted by Gasteiger charge is -2.02. The lowest BCUT2D eigenvalue weighted by molar-refractivity contribution is 0.415. The van der Waals surface area contributed by atoms with Gasteiger partial charge in [0, 0.05) is 17.5 Å². The Kier molecular flexibility index (Phi) is 5.31. The zero-order valence-corrected chi connectivity index (χ0v) is 12.7. The molecule has 0 aromatic heterocycles. The smallest absolute Gasteiger partial charge is 0.131 e. The number of alkyl halides is 1.